The minimum absolute atomic E-state index is 0.0195. The number of benzene rings is 1. The van der Waals surface area contributed by atoms with Gasteiger partial charge in [-0.3, -0.25) is 4.79 Å². The summed E-state index contributed by atoms with van der Waals surface area (Å²) in [6.07, 6.45) is 0. The van der Waals surface area contributed by atoms with Crippen LogP contribution in [0.1, 0.15) is 10.4 Å². The van der Waals surface area contributed by atoms with Crippen molar-refractivity contribution in [2.75, 3.05) is 7.05 Å². The number of halogens is 2. The lowest BCUT2D eigenvalue weighted by Gasteiger charge is -2.04. The molecule has 0 aliphatic heterocycles. The Kier molecular flexibility index (Phi) is 2.65. The predicted molar refractivity (Wildman–Crippen MR) is 44.7 cm³/mol. The minimum atomic E-state index is -0.697. The van der Waals surface area contributed by atoms with E-state index in [0.29, 0.717) is 5.02 Å². The molecule has 1 aromatic carbocycles. The zero-order valence-electron chi connectivity index (χ0n) is 6.42. The number of hydrogen-bond donors (Lipinski definition) is 0. The van der Waals surface area contributed by atoms with Crippen LogP contribution in [0.5, 0.6) is 0 Å². The maximum absolute atomic E-state index is 12.4. The molecule has 0 aliphatic rings. The zero-order valence-corrected chi connectivity index (χ0v) is 7.18. The van der Waals surface area contributed by atoms with Gasteiger partial charge in [-0.25, -0.2) is 0 Å². The Morgan fingerprint density at radius 2 is 2.25 bits per heavy atom. The molecule has 0 atom stereocenters. The van der Waals surface area contributed by atoms with Gasteiger partial charge in [0.25, 0.3) is 5.91 Å². The van der Waals surface area contributed by atoms with E-state index in [4.69, 9.17) is 11.6 Å². The zero-order chi connectivity index (χ0) is 9.14. The molecule has 0 saturated carbocycles. The van der Waals surface area contributed by atoms with Crippen LogP contribution in [-0.2, 0) is 0 Å². The number of amides is 1. The summed E-state index contributed by atoms with van der Waals surface area (Å²) in [5, 5.41) is 0.439. The van der Waals surface area contributed by atoms with E-state index in [0.717, 1.165) is 7.05 Å². The molecular weight excluding hydrogens is 181 g/mol. The summed E-state index contributed by atoms with van der Waals surface area (Å²) in [7, 11) is 1.04. The van der Waals surface area contributed by atoms with Crippen molar-refractivity contribution in [2.45, 2.75) is 0 Å². The van der Waals surface area contributed by atoms with Gasteiger partial charge < -0.3 is 0 Å². The molecule has 0 radical (unpaired) electrons. The summed E-state index contributed by atoms with van der Waals surface area (Å²) in [4.78, 5) is 11.0. The SMILES string of the molecule is CN(F)C(=O)c1cccc(Cl)c1. The van der Waals surface area contributed by atoms with Crippen LogP contribution in [0.25, 0.3) is 0 Å². The highest BCUT2D eigenvalue weighted by Crippen LogP contribution is 2.12. The number of carbonyl (C=O) groups is 1. The molecule has 1 rings (SSSR count). The van der Waals surface area contributed by atoms with E-state index >= 15 is 0 Å². The summed E-state index contributed by atoms with van der Waals surface area (Å²) in [6, 6.07) is 6.14. The third-order valence-corrected chi connectivity index (χ3v) is 1.59. The lowest BCUT2D eigenvalue weighted by atomic mass is 10.2. The van der Waals surface area contributed by atoms with Crippen molar-refractivity contribution in [1.82, 2.24) is 5.12 Å². The second-order valence-corrected chi connectivity index (χ2v) is 2.73. The van der Waals surface area contributed by atoms with Crippen molar-refractivity contribution >= 4 is 17.5 Å². The molecule has 0 aliphatic carbocycles. The van der Waals surface area contributed by atoms with Gasteiger partial charge in [0.1, 0.15) is 0 Å². The lowest BCUT2D eigenvalue weighted by molar-refractivity contribution is 0.0343. The first-order valence-corrected chi connectivity index (χ1v) is 3.68. The van der Waals surface area contributed by atoms with E-state index in [9.17, 15) is 9.28 Å². The summed E-state index contributed by atoms with van der Waals surface area (Å²) < 4.78 is 12.4. The van der Waals surface area contributed by atoms with Gasteiger partial charge >= 0.3 is 0 Å². The van der Waals surface area contributed by atoms with Crippen molar-refractivity contribution in [2.24, 2.45) is 0 Å². The number of hydrogen-bond acceptors (Lipinski definition) is 1. The first-order valence-electron chi connectivity index (χ1n) is 3.30. The standard InChI is InChI=1S/C8H7ClFNO/c1-11(10)8(12)6-3-2-4-7(9)5-6/h2-5H,1H3. The normalized spacial score (nSPS) is 9.58. The highest BCUT2D eigenvalue weighted by Gasteiger charge is 2.09. The molecule has 0 saturated heterocycles. The van der Waals surface area contributed by atoms with Crippen molar-refractivity contribution < 1.29 is 9.28 Å². The van der Waals surface area contributed by atoms with E-state index in [1.54, 1.807) is 12.1 Å². The summed E-state index contributed by atoms with van der Waals surface area (Å²) >= 11 is 5.60. The van der Waals surface area contributed by atoms with E-state index < -0.39 is 5.91 Å². The molecule has 1 amide bonds. The van der Waals surface area contributed by atoms with Crippen molar-refractivity contribution in [1.29, 1.82) is 0 Å². The topological polar surface area (TPSA) is 20.3 Å². The molecule has 0 unspecified atom stereocenters. The average molecular weight is 188 g/mol. The maximum atomic E-state index is 12.4. The van der Waals surface area contributed by atoms with E-state index in [1.807, 2.05) is 0 Å². The van der Waals surface area contributed by atoms with Gasteiger partial charge in [0.15, 0.2) is 0 Å². The van der Waals surface area contributed by atoms with Gasteiger partial charge in [0, 0.05) is 17.6 Å². The first kappa shape index (κ1) is 9.00. The molecule has 0 bridgehead atoms. The van der Waals surface area contributed by atoms with Gasteiger partial charge in [-0.15, -0.1) is 0 Å². The maximum Gasteiger partial charge on any atom is 0.281 e. The number of carbonyl (C=O) groups excluding carboxylic acids is 1. The van der Waals surface area contributed by atoms with Crippen LogP contribution in [-0.4, -0.2) is 18.1 Å². The summed E-state index contributed by atoms with van der Waals surface area (Å²) in [5.74, 6) is -0.697. The highest BCUT2D eigenvalue weighted by atomic mass is 35.5. The van der Waals surface area contributed by atoms with Crippen LogP contribution in [0.4, 0.5) is 4.48 Å². The lowest BCUT2D eigenvalue weighted by Crippen LogP contribution is -2.17. The fourth-order valence-electron chi connectivity index (χ4n) is 0.799. The van der Waals surface area contributed by atoms with E-state index in [-0.39, 0.29) is 10.7 Å². The van der Waals surface area contributed by atoms with Crippen LogP contribution in [0, 0.1) is 0 Å². The smallest absolute Gasteiger partial charge is 0.267 e. The summed E-state index contributed by atoms with van der Waals surface area (Å²) in [5.41, 5.74) is 0.243. The predicted octanol–water partition coefficient (Wildman–Crippen LogP) is 2.30. The average Bonchev–Trinajstić information content (AvgIpc) is 2.03. The van der Waals surface area contributed by atoms with Gasteiger partial charge in [0.2, 0.25) is 0 Å². The molecule has 0 N–H and O–H groups in total. The molecule has 0 heterocycles. The van der Waals surface area contributed by atoms with Crippen molar-refractivity contribution in [3.63, 3.8) is 0 Å². The Bertz CT molecular complexity index is 301. The summed E-state index contributed by atoms with van der Waals surface area (Å²) in [6.45, 7) is 0. The van der Waals surface area contributed by atoms with Crippen LogP contribution in [0.2, 0.25) is 5.02 Å². The molecule has 4 heteroatoms. The first-order chi connectivity index (χ1) is 5.61. The largest absolute Gasteiger partial charge is 0.281 e. The fourth-order valence-corrected chi connectivity index (χ4v) is 0.990. The molecule has 2 nitrogen and oxygen atoms in total. The molecule has 0 aromatic heterocycles. The van der Waals surface area contributed by atoms with Gasteiger partial charge in [-0.2, -0.15) is 5.12 Å². The fraction of sp³-hybridized carbons (Fsp3) is 0.125. The Morgan fingerprint density at radius 1 is 1.58 bits per heavy atom. The minimum Gasteiger partial charge on any atom is -0.267 e. The molecular formula is C8H7ClFNO. The molecule has 0 fully saturated rings. The van der Waals surface area contributed by atoms with E-state index in [2.05, 4.69) is 0 Å². The number of rotatable bonds is 1. The van der Waals surface area contributed by atoms with Crippen LogP contribution >= 0.6 is 11.6 Å². The Balaban J connectivity index is 2.96. The Morgan fingerprint density at radius 3 is 2.75 bits per heavy atom. The van der Waals surface area contributed by atoms with E-state index in [1.165, 1.54) is 12.1 Å². The molecule has 12 heavy (non-hydrogen) atoms. The number of nitrogens with zero attached hydrogens (tertiary/aromatic N) is 1. The van der Waals surface area contributed by atoms with Gasteiger partial charge in [0.05, 0.1) is 0 Å². The van der Waals surface area contributed by atoms with Gasteiger partial charge in [-0.05, 0) is 18.2 Å². The third kappa shape index (κ3) is 1.95. The molecule has 1 aromatic rings. The van der Waals surface area contributed by atoms with Crippen LogP contribution in [0.3, 0.4) is 0 Å². The Hall–Kier alpha value is -1.09. The third-order valence-electron chi connectivity index (χ3n) is 1.35. The second kappa shape index (κ2) is 3.54. The monoisotopic (exact) mass is 187 g/mol. The highest BCUT2D eigenvalue weighted by molar-refractivity contribution is 6.30. The Labute approximate surface area is 74.5 Å². The van der Waals surface area contributed by atoms with Crippen LogP contribution < -0.4 is 0 Å². The molecule has 0 spiro atoms. The second-order valence-electron chi connectivity index (χ2n) is 2.29. The molecule has 64 valence electrons. The van der Waals surface area contributed by atoms with Gasteiger partial charge in [-0.1, -0.05) is 22.1 Å². The van der Waals surface area contributed by atoms with Crippen LogP contribution in [0.15, 0.2) is 24.3 Å². The van der Waals surface area contributed by atoms with Crippen molar-refractivity contribution in [3.05, 3.63) is 34.9 Å². The van der Waals surface area contributed by atoms with Crippen molar-refractivity contribution in [3.8, 4) is 0 Å². The quantitative estimate of drug-likeness (QED) is 0.618.